The Kier molecular flexibility index (Phi) is 6.36. The number of fused-ring (bicyclic) bond motifs is 1. The summed E-state index contributed by atoms with van der Waals surface area (Å²) in [6.07, 6.45) is 14.1. The molecule has 0 bridgehead atoms. The molecule has 0 aliphatic heterocycles. The summed E-state index contributed by atoms with van der Waals surface area (Å²) in [5.74, 6) is 1.77. The van der Waals surface area contributed by atoms with Crippen molar-refractivity contribution in [3.8, 4) is 5.75 Å². The Hall–Kier alpha value is -1.71. The summed E-state index contributed by atoms with van der Waals surface area (Å²) in [6, 6.07) is 3.24. The molecule has 2 nitrogen and oxygen atoms in total. The summed E-state index contributed by atoms with van der Waals surface area (Å²) < 4.78 is 31.7. The highest BCUT2D eigenvalue weighted by Gasteiger charge is 2.39. The van der Waals surface area contributed by atoms with Crippen LogP contribution in [0.5, 0.6) is 5.75 Å². The van der Waals surface area contributed by atoms with E-state index in [2.05, 4.69) is 12.7 Å². The van der Waals surface area contributed by atoms with Crippen molar-refractivity contribution in [3.63, 3.8) is 0 Å². The summed E-state index contributed by atoms with van der Waals surface area (Å²) >= 11 is 0. The molecule has 3 aliphatic carbocycles. The Morgan fingerprint density at radius 2 is 1.48 bits per heavy atom. The molecule has 3 saturated carbocycles. The predicted octanol–water partition coefficient (Wildman–Crippen LogP) is 6.70. The molecule has 4 atom stereocenters. The number of halogens is 2. The average molecular weight is 403 g/mol. The molecule has 3 aliphatic rings. The van der Waals surface area contributed by atoms with E-state index in [1.807, 2.05) is 0 Å². The smallest absolute Gasteiger partial charge is 0.314 e. The van der Waals surface area contributed by atoms with Crippen molar-refractivity contribution in [1.82, 2.24) is 0 Å². The second-order valence-electron chi connectivity index (χ2n) is 9.51. The number of allylic oxidation sites excluding steroid dienone is 1. The molecule has 1 aromatic carbocycles. The van der Waals surface area contributed by atoms with Crippen molar-refractivity contribution in [1.29, 1.82) is 0 Å². The molecule has 4 rings (SSSR count). The van der Waals surface area contributed by atoms with E-state index in [0.29, 0.717) is 0 Å². The van der Waals surface area contributed by atoms with Crippen LogP contribution in [0.2, 0.25) is 0 Å². The highest BCUT2D eigenvalue weighted by atomic mass is 19.2. The van der Waals surface area contributed by atoms with Gasteiger partial charge in [0.25, 0.3) is 0 Å². The van der Waals surface area contributed by atoms with Gasteiger partial charge in [0.2, 0.25) is 0 Å². The maximum atomic E-state index is 13.3. The van der Waals surface area contributed by atoms with E-state index in [1.165, 1.54) is 44.6 Å². The molecular weight excluding hydrogens is 370 g/mol. The van der Waals surface area contributed by atoms with Crippen LogP contribution < -0.4 is 4.74 Å². The van der Waals surface area contributed by atoms with Crippen LogP contribution in [0.25, 0.3) is 0 Å². The van der Waals surface area contributed by atoms with Gasteiger partial charge in [-0.3, -0.25) is 4.79 Å². The van der Waals surface area contributed by atoms with Gasteiger partial charge in [0, 0.05) is 6.07 Å². The Balaban J connectivity index is 1.25. The lowest BCUT2D eigenvalue weighted by atomic mass is 9.61. The van der Waals surface area contributed by atoms with Crippen LogP contribution in [0.1, 0.15) is 64.2 Å². The monoisotopic (exact) mass is 402 g/mol. The highest BCUT2D eigenvalue weighted by Crippen LogP contribution is 2.49. The normalized spacial score (nSPS) is 34.8. The maximum absolute atomic E-state index is 13.3. The first-order valence-corrected chi connectivity index (χ1v) is 11.3. The Labute approximate surface area is 172 Å². The van der Waals surface area contributed by atoms with Crippen molar-refractivity contribution in [2.75, 3.05) is 0 Å². The van der Waals surface area contributed by atoms with Crippen LogP contribution in [-0.2, 0) is 4.79 Å². The van der Waals surface area contributed by atoms with Crippen LogP contribution in [0.15, 0.2) is 30.9 Å². The first kappa shape index (κ1) is 20.6. The quantitative estimate of drug-likeness (QED) is 0.318. The van der Waals surface area contributed by atoms with Gasteiger partial charge in [-0.05, 0) is 106 Å². The summed E-state index contributed by atoms with van der Waals surface area (Å²) in [4.78, 5) is 12.4. The lowest BCUT2D eigenvalue weighted by molar-refractivity contribution is -0.140. The summed E-state index contributed by atoms with van der Waals surface area (Å²) in [6.45, 7) is 3.99. The van der Waals surface area contributed by atoms with Crippen molar-refractivity contribution in [2.24, 2.45) is 35.5 Å². The van der Waals surface area contributed by atoms with E-state index < -0.39 is 11.6 Å². The van der Waals surface area contributed by atoms with E-state index in [9.17, 15) is 13.6 Å². The van der Waals surface area contributed by atoms with E-state index in [-0.39, 0.29) is 17.6 Å². The lowest BCUT2D eigenvalue weighted by Crippen LogP contribution is -2.35. The number of rotatable bonds is 4. The zero-order valence-corrected chi connectivity index (χ0v) is 17.1. The minimum atomic E-state index is -0.989. The Morgan fingerprint density at radius 1 is 0.862 bits per heavy atom. The maximum Gasteiger partial charge on any atom is 0.314 e. The average Bonchev–Trinajstić information content (AvgIpc) is 2.75. The van der Waals surface area contributed by atoms with E-state index in [0.717, 1.165) is 67.4 Å². The van der Waals surface area contributed by atoms with Crippen LogP contribution in [0.4, 0.5) is 8.78 Å². The van der Waals surface area contributed by atoms with Crippen molar-refractivity contribution in [2.45, 2.75) is 64.2 Å². The number of hydrogen-bond acceptors (Lipinski definition) is 2. The standard InChI is InChI=1S/C25H32F2O2/c1-2-16-3-4-21-14-20(10-9-19(21)13-16)17-5-7-18(8-6-17)25(28)29-22-11-12-23(26)24(27)15-22/h2,11-12,15-21H,1,3-10,13-14H2. The van der Waals surface area contributed by atoms with Gasteiger partial charge in [0.05, 0.1) is 5.92 Å². The van der Waals surface area contributed by atoms with Gasteiger partial charge in [-0.2, -0.15) is 0 Å². The Morgan fingerprint density at radius 3 is 2.17 bits per heavy atom. The molecule has 0 aromatic heterocycles. The fraction of sp³-hybridized carbons (Fsp3) is 0.640. The molecule has 29 heavy (non-hydrogen) atoms. The zero-order valence-electron chi connectivity index (χ0n) is 17.1. The van der Waals surface area contributed by atoms with E-state index in [1.54, 1.807) is 0 Å². The Bertz CT molecular complexity index is 738. The highest BCUT2D eigenvalue weighted by molar-refractivity contribution is 5.75. The number of carbonyl (C=O) groups excluding carboxylic acids is 1. The summed E-state index contributed by atoms with van der Waals surface area (Å²) in [7, 11) is 0. The molecule has 4 heteroatoms. The first-order valence-electron chi connectivity index (χ1n) is 11.3. The van der Waals surface area contributed by atoms with Crippen LogP contribution in [-0.4, -0.2) is 5.97 Å². The first-order chi connectivity index (χ1) is 14.0. The number of benzene rings is 1. The van der Waals surface area contributed by atoms with Crippen molar-refractivity contribution >= 4 is 5.97 Å². The molecule has 3 fully saturated rings. The fourth-order valence-electron chi connectivity index (χ4n) is 6.17. The third-order valence-corrected chi connectivity index (χ3v) is 7.91. The summed E-state index contributed by atoms with van der Waals surface area (Å²) in [5.41, 5.74) is 0. The largest absolute Gasteiger partial charge is 0.426 e. The molecule has 0 N–H and O–H groups in total. The number of hydrogen-bond donors (Lipinski definition) is 0. The second kappa shape index (κ2) is 8.97. The van der Waals surface area contributed by atoms with E-state index in [4.69, 9.17) is 4.74 Å². The predicted molar refractivity (Wildman–Crippen MR) is 109 cm³/mol. The molecular formula is C25H32F2O2. The van der Waals surface area contributed by atoms with Crippen LogP contribution in [0.3, 0.4) is 0 Å². The van der Waals surface area contributed by atoms with Gasteiger partial charge < -0.3 is 4.74 Å². The SMILES string of the molecule is C=CC1CCC2CC(C3CCC(C(=O)Oc4ccc(F)c(F)c4)CC3)CCC2C1. The summed E-state index contributed by atoms with van der Waals surface area (Å²) in [5, 5.41) is 0. The zero-order chi connectivity index (χ0) is 20.4. The molecule has 1 aromatic rings. The van der Waals surface area contributed by atoms with Crippen LogP contribution in [0, 0.1) is 47.1 Å². The topological polar surface area (TPSA) is 26.3 Å². The molecule has 0 spiro atoms. The minimum Gasteiger partial charge on any atom is -0.426 e. The number of esters is 1. The third kappa shape index (κ3) is 4.73. The van der Waals surface area contributed by atoms with E-state index >= 15 is 0 Å². The van der Waals surface area contributed by atoms with Gasteiger partial charge in [0.15, 0.2) is 11.6 Å². The van der Waals surface area contributed by atoms with Gasteiger partial charge in [-0.25, -0.2) is 8.78 Å². The molecule has 0 amide bonds. The third-order valence-electron chi connectivity index (χ3n) is 7.91. The van der Waals surface area contributed by atoms with Gasteiger partial charge >= 0.3 is 5.97 Å². The van der Waals surface area contributed by atoms with Crippen molar-refractivity contribution < 1.29 is 18.3 Å². The van der Waals surface area contributed by atoms with Gasteiger partial charge in [0.1, 0.15) is 5.75 Å². The molecule has 4 unspecified atom stereocenters. The lowest BCUT2D eigenvalue weighted by Gasteiger charge is -2.45. The number of ether oxygens (including phenoxy) is 1. The number of carbonyl (C=O) groups is 1. The van der Waals surface area contributed by atoms with Gasteiger partial charge in [-0.15, -0.1) is 6.58 Å². The molecule has 158 valence electrons. The molecule has 0 radical (unpaired) electrons. The van der Waals surface area contributed by atoms with Gasteiger partial charge in [-0.1, -0.05) is 6.08 Å². The minimum absolute atomic E-state index is 0.0875. The second-order valence-corrected chi connectivity index (χ2v) is 9.51. The van der Waals surface area contributed by atoms with Crippen LogP contribution >= 0.6 is 0 Å². The van der Waals surface area contributed by atoms with Crippen molar-refractivity contribution in [3.05, 3.63) is 42.5 Å². The fourth-order valence-corrected chi connectivity index (χ4v) is 6.17. The molecule has 0 saturated heterocycles. The molecule has 0 heterocycles.